The number of aromatic nitrogens is 1. The Morgan fingerprint density at radius 2 is 1.90 bits per heavy atom. The fourth-order valence-corrected chi connectivity index (χ4v) is 4.01. The Bertz CT molecular complexity index is 828. The van der Waals surface area contributed by atoms with E-state index >= 15 is 0 Å². The number of piperidine rings is 1. The lowest BCUT2D eigenvalue weighted by atomic mass is 9.85. The number of halogens is 2. The summed E-state index contributed by atoms with van der Waals surface area (Å²) in [5.41, 5.74) is 1.68. The maximum absolute atomic E-state index is 12.7. The second kappa shape index (κ2) is 9.46. The molecule has 1 fully saturated rings. The SMILES string of the molecule is CC(C)(C)C(=O)NC(c1ccccn1)C1CCN(Cc2ccc(Cl)c(Cl)c2)CC1. The van der Waals surface area contributed by atoms with Crippen molar-refractivity contribution in [1.29, 1.82) is 0 Å². The summed E-state index contributed by atoms with van der Waals surface area (Å²) in [6.07, 6.45) is 3.81. The lowest BCUT2D eigenvalue weighted by Gasteiger charge is -2.37. The largest absolute Gasteiger partial charge is 0.347 e. The van der Waals surface area contributed by atoms with Gasteiger partial charge in [-0.05, 0) is 61.7 Å². The summed E-state index contributed by atoms with van der Waals surface area (Å²) in [6, 6.07) is 11.7. The van der Waals surface area contributed by atoms with E-state index < -0.39 is 5.41 Å². The van der Waals surface area contributed by atoms with Crippen LogP contribution in [0.4, 0.5) is 0 Å². The average molecular weight is 434 g/mol. The minimum Gasteiger partial charge on any atom is -0.347 e. The van der Waals surface area contributed by atoms with Crippen LogP contribution < -0.4 is 5.32 Å². The molecule has 1 aliphatic rings. The first-order valence-corrected chi connectivity index (χ1v) is 10.9. The van der Waals surface area contributed by atoms with E-state index in [1.54, 1.807) is 6.20 Å². The number of rotatable bonds is 5. The van der Waals surface area contributed by atoms with Crippen LogP contribution in [-0.4, -0.2) is 28.9 Å². The van der Waals surface area contributed by atoms with Crippen molar-refractivity contribution < 1.29 is 4.79 Å². The number of carbonyl (C=O) groups is 1. The van der Waals surface area contributed by atoms with Crippen LogP contribution in [-0.2, 0) is 11.3 Å². The minimum atomic E-state index is -0.429. The van der Waals surface area contributed by atoms with Gasteiger partial charge in [-0.3, -0.25) is 14.7 Å². The molecule has 1 saturated heterocycles. The van der Waals surface area contributed by atoms with E-state index in [4.69, 9.17) is 23.2 Å². The highest BCUT2D eigenvalue weighted by molar-refractivity contribution is 6.42. The van der Waals surface area contributed by atoms with E-state index in [9.17, 15) is 4.79 Å². The molecule has 156 valence electrons. The van der Waals surface area contributed by atoms with Crippen LogP contribution in [0.25, 0.3) is 0 Å². The molecular formula is C23H29Cl2N3O. The standard InChI is InChI=1S/C23H29Cl2N3O/c1-23(2,3)22(29)27-21(20-6-4-5-11-26-20)17-9-12-28(13-10-17)15-16-7-8-18(24)19(25)14-16/h4-8,11,14,17,21H,9-10,12-13,15H2,1-3H3,(H,27,29). The summed E-state index contributed by atoms with van der Waals surface area (Å²) in [6.45, 7) is 8.62. The van der Waals surface area contributed by atoms with Gasteiger partial charge in [0.25, 0.3) is 0 Å². The van der Waals surface area contributed by atoms with Gasteiger partial charge in [0.05, 0.1) is 21.8 Å². The maximum atomic E-state index is 12.7. The molecule has 1 amide bonds. The first-order chi connectivity index (χ1) is 13.7. The zero-order valence-electron chi connectivity index (χ0n) is 17.3. The van der Waals surface area contributed by atoms with Gasteiger partial charge in [0, 0.05) is 18.2 Å². The van der Waals surface area contributed by atoms with E-state index in [0.29, 0.717) is 16.0 Å². The highest BCUT2D eigenvalue weighted by Gasteiger charge is 2.32. The Balaban J connectivity index is 1.66. The molecule has 0 radical (unpaired) electrons. The van der Waals surface area contributed by atoms with Gasteiger partial charge in [0.2, 0.25) is 5.91 Å². The zero-order valence-corrected chi connectivity index (χ0v) is 18.8. The van der Waals surface area contributed by atoms with Crippen molar-refractivity contribution in [2.45, 2.75) is 46.2 Å². The first kappa shape index (κ1) is 22.1. The number of nitrogens with zero attached hydrogens (tertiary/aromatic N) is 2. The van der Waals surface area contributed by atoms with E-state index in [2.05, 4.69) is 15.2 Å². The van der Waals surface area contributed by atoms with Crippen LogP contribution in [0.3, 0.4) is 0 Å². The van der Waals surface area contributed by atoms with Gasteiger partial charge in [-0.1, -0.05) is 56.1 Å². The third kappa shape index (κ3) is 5.94. The minimum absolute atomic E-state index is 0.0601. The van der Waals surface area contributed by atoms with Crippen LogP contribution in [0.2, 0.25) is 10.0 Å². The molecule has 2 aromatic rings. The molecule has 6 heteroatoms. The molecule has 1 aromatic heterocycles. The maximum Gasteiger partial charge on any atom is 0.225 e. The van der Waals surface area contributed by atoms with Crippen LogP contribution in [0.15, 0.2) is 42.6 Å². The second-order valence-electron chi connectivity index (χ2n) is 8.82. The highest BCUT2D eigenvalue weighted by Crippen LogP contribution is 2.32. The monoisotopic (exact) mass is 433 g/mol. The summed E-state index contributed by atoms with van der Waals surface area (Å²) >= 11 is 12.2. The predicted molar refractivity (Wildman–Crippen MR) is 119 cm³/mol. The second-order valence-corrected chi connectivity index (χ2v) is 9.63. The predicted octanol–water partition coefficient (Wildman–Crippen LogP) is 5.50. The average Bonchev–Trinajstić information content (AvgIpc) is 2.69. The van der Waals surface area contributed by atoms with Gasteiger partial charge in [0.1, 0.15) is 0 Å². The third-order valence-electron chi connectivity index (χ3n) is 5.47. The number of nitrogens with one attached hydrogen (secondary N) is 1. The third-order valence-corrected chi connectivity index (χ3v) is 6.21. The Morgan fingerprint density at radius 3 is 2.48 bits per heavy atom. The normalized spacial score (nSPS) is 17.1. The van der Waals surface area contributed by atoms with Crippen molar-refractivity contribution in [3.8, 4) is 0 Å². The van der Waals surface area contributed by atoms with E-state index in [0.717, 1.165) is 38.2 Å². The summed E-state index contributed by atoms with van der Waals surface area (Å²) in [5.74, 6) is 0.424. The first-order valence-electron chi connectivity index (χ1n) is 10.1. The number of benzene rings is 1. The van der Waals surface area contributed by atoms with Crippen LogP contribution >= 0.6 is 23.2 Å². The topological polar surface area (TPSA) is 45.2 Å². The molecule has 0 spiro atoms. The van der Waals surface area contributed by atoms with Gasteiger partial charge < -0.3 is 5.32 Å². The summed E-state index contributed by atoms with van der Waals surface area (Å²) < 4.78 is 0. The Morgan fingerprint density at radius 1 is 1.17 bits per heavy atom. The summed E-state index contributed by atoms with van der Waals surface area (Å²) in [4.78, 5) is 19.6. The van der Waals surface area contributed by atoms with Crippen molar-refractivity contribution in [3.05, 3.63) is 63.9 Å². The van der Waals surface area contributed by atoms with E-state index in [-0.39, 0.29) is 11.9 Å². The van der Waals surface area contributed by atoms with Crippen LogP contribution in [0.5, 0.6) is 0 Å². The number of likely N-dealkylation sites (tertiary alicyclic amines) is 1. The van der Waals surface area contributed by atoms with Gasteiger partial charge in [-0.25, -0.2) is 0 Å². The highest BCUT2D eigenvalue weighted by atomic mass is 35.5. The summed E-state index contributed by atoms with van der Waals surface area (Å²) in [5, 5.41) is 4.45. The molecule has 1 N–H and O–H groups in total. The molecule has 0 aliphatic carbocycles. The Labute approximate surface area is 183 Å². The van der Waals surface area contributed by atoms with Crippen molar-refractivity contribution in [2.75, 3.05) is 13.1 Å². The van der Waals surface area contributed by atoms with Crippen molar-refractivity contribution in [1.82, 2.24) is 15.2 Å². The number of hydrogen-bond donors (Lipinski definition) is 1. The molecule has 1 atom stereocenters. The molecule has 1 aliphatic heterocycles. The number of hydrogen-bond acceptors (Lipinski definition) is 3. The summed E-state index contributed by atoms with van der Waals surface area (Å²) in [7, 11) is 0. The van der Waals surface area contributed by atoms with Gasteiger partial charge in [-0.15, -0.1) is 0 Å². The molecule has 2 heterocycles. The molecule has 4 nitrogen and oxygen atoms in total. The molecule has 0 saturated carbocycles. The van der Waals surface area contributed by atoms with Crippen molar-refractivity contribution in [2.24, 2.45) is 11.3 Å². The molecule has 29 heavy (non-hydrogen) atoms. The van der Waals surface area contributed by atoms with Gasteiger partial charge >= 0.3 is 0 Å². The lowest BCUT2D eigenvalue weighted by Crippen LogP contribution is -2.44. The smallest absolute Gasteiger partial charge is 0.225 e. The van der Waals surface area contributed by atoms with E-state index in [1.165, 1.54) is 5.56 Å². The van der Waals surface area contributed by atoms with E-state index in [1.807, 2.05) is 57.2 Å². The van der Waals surface area contributed by atoms with Crippen LogP contribution in [0.1, 0.15) is 50.9 Å². The number of pyridine rings is 1. The number of amides is 1. The lowest BCUT2D eigenvalue weighted by molar-refractivity contribution is -0.129. The molecule has 1 unspecified atom stereocenters. The molecule has 0 bridgehead atoms. The van der Waals surface area contributed by atoms with Crippen molar-refractivity contribution >= 4 is 29.1 Å². The van der Waals surface area contributed by atoms with Gasteiger partial charge in [-0.2, -0.15) is 0 Å². The fraction of sp³-hybridized carbons (Fsp3) is 0.478. The Kier molecular flexibility index (Phi) is 7.20. The molecule has 3 rings (SSSR count). The van der Waals surface area contributed by atoms with Crippen molar-refractivity contribution in [3.63, 3.8) is 0 Å². The van der Waals surface area contributed by atoms with Gasteiger partial charge in [0.15, 0.2) is 0 Å². The fourth-order valence-electron chi connectivity index (χ4n) is 3.69. The quantitative estimate of drug-likeness (QED) is 0.676. The van der Waals surface area contributed by atoms with Crippen LogP contribution in [0, 0.1) is 11.3 Å². The zero-order chi connectivity index (χ0) is 21.0. The molecular weight excluding hydrogens is 405 g/mol. The Hall–Kier alpha value is -1.62. The number of carbonyl (C=O) groups excluding carboxylic acids is 1. The molecule has 1 aromatic carbocycles.